The number of esters is 1. The number of aliphatic hydroxyl groups is 1. The summed E-state index contributed by atoms with van der Waals surface area (Å²) in [4.78, 5) is 11.4. The van der Waals surface area contributed by atoms with Crippen molar-refractivity contribution in [2.75, 3.05) is 13.2 Å². The van der Waals surface area contributed by atoms with Crippen molar-refractivity contribution in [1.29, 1.82) is 0 Å². The van der Waals surface area contributed by atoms with E-state index in [1.807, 2.05) is 0 Å². The van der Waals surface area contributed by atoms with Gasteiger partial charge >= 0.3 is 5.97 Å². The number of unbranched alkanes of at least 4 members (excludes halogenated alkanes) is 2. The van der Waals surface area contributed by atoms with E-state index in [1.54, 1.807) is 0 Å². The van der Waals surface area contributed by atoms with E-state index in [2.05, 4.69) is 13.8 Å². The minimum atomic E-state index is -0.313. The van der Waals surface area contributed by atoms with Crippen molar-refractivity contribution < 1.29 is 14.6 Å². The molecule has 1 unspecified atom stereocenters. The highest BCUT2D eigenvalue weighted by Crippen LogP contribution is 2.10. The summed E-state index contributed by atoms with van der Waals surface area (Å²) < 4.78 is 5.03. The van der Waals surface area contributed by atoms with Crippen LogP contribution in [0.1, 0.15) is 46.0 Å². The molecule has 0 heterocycles. The molecule has 0 spiro atoms. The van der Waals surface area contributed by atoms with Gasteiger partial charge in [-0.25, -0.2) is 0 Å². The molecule has 1 atom stereocenters. The fourth-order valence-corrected chi connectivity index (χ4v) is 1.17. The third kappa shape index (κ3) is 5.97. The molecular weight excluding hydrogens is 180 g/mol. The SMILES string of the molecule is CCCCOC(=O)C(CO)CCCC. The first kappa shape index (κ1) is 13.4. The number of carbonyl (C=O) groups is 1. The lowest BCUT2D eigenvalue weighted by Gasteiger charge is -2.12. The summed E-state index contributed by atoms with van der Waals surface area (Å²) in [6.07, 6.45) is 4.66. The number of ether oxygens (including phenoxy) is 1. The molecular formula is C11H22O3. The van der Waals surface area contributed by atoms with Crippen molar-refractivity contribution in [2.45, 2.75) is 46.0 Å². The van der Waals surface area contributed by atoms with E-state index in [9.17, 15) is 4.79 Å². The quantitative estimate of drug-likeness (QED) is 0.484. The van der Waals surface area contributed by atoms with E-state index in [0.717, 1.165) is 32.1 Å². The Balaban J connectivity index is 3.67. The smallest absolute Gasteiger partial charge is 0.311 e. The van der Waals surface area contributed by atoms with Crippen LogP contribution in [0.15, 0.2) is 0 Å². The molecule has 0 amide bonds. The summed E-state index contributed by atoms with van der Waals surface area (Å²) in [7, 11) is 0. The first-order chi connectivity index (χ1) is 6.76. The molecule has 0 aliphatic rings. The molecule has 0 aromatic heterocycles. The minimum absolute atomic E-state index is 0.0923. The van der Waals surface area contributed by atoms with Crippen LogP contribution < -0.4 is 0 Å². The fourth-order valence-electron chi connectivity index (χ4n) is 1.17. The summed E-state index contributed by atoms with van der Waals surface area (Å²) in [5, 5.41) is 8.98. The van der Waals surface area contributed by atoms with Gasteiger partial charge in [-0.1, -0.05) is 33.1 Å². The Morgan fingerprint density at radius 2 is 1.93 bits per heavy atom. The van der Waals surface area contributed by atoms with Crippen LogP contribution in [0.4, 0.5) is 0 Å². The summed E-state index contributed by atoms with van der Waals surface area (Å²) in [6.45, 7) is 4.51. The predicted molar refractivity (Wildman–Crippen MR) is 56.0 cm³/mol. The number of hydrogen-bond donors (Lipinski definition) is 1. The molecule has 0 rings (SSSR count). The van der Waals surface area contributed by atoms with Crippen molar-refractivity contribution in [3.05, 3.63) is 0 Å². The highest BCUT2D eigenvalue weighted by molar-refractivity contribution is 5.72. The van der Waals surface area contributed by atoms with Crippen molar-refractivity contribution in [2.24, 2.45) is 5.92 Å². The molecule has 3 nitrogen and oxygen atoms in total. The van der Waals surface area contributed by atoms with Crippen LogP contribution in [0.5, 0.6) is 0 Å². The van der Waals surface area contributed by atoms with Gasteiger partial charge < -0.3 is 9.84 Å². The first-order valence-electron chi connectivity index (χ1n) is 5.53. The molecule has 14 heavy (non-hydrogen) atoms. The highest BCUT2D eigenvalue weighted by Gasteiger charge is 2.17. The van der Waals surface area contributed by atoms with Crippen LogP contribution in [-0.2, 0) is 9.53 Å². The van der Waals surface area contributed by atoms with Gasteiger partial charge in [0.25, 0.3) is 0 Å². The Bertz CT molecular complexity index is 145. The minimum Gasteiger partial charge on any atom is -0.465 e. The van der Waals surface area contributed by atoms with Crippen LogP contribution in [0, 0.1) is 5.92 Å². The molecule has 0 fully saturated rings. The second kappa shape index (κ2) is 9.00. The zero-order chi connectivity index (χ0) is 10.8. The van der Waals surface area contributed by atoms with E-state index in [-0.39, 0.29) is 18.5 Å². The van der Waals surface area contributed by atoms with Gasteiger partial charge in [0.15, 0.2) is 0 Å². The summed E-state index contributed by atoms with van der Waals surface area (Å²) in [5.74, 6) is -0.554. The average molecular weight is 202 g/mol. The molecule has 0 aliphatic heterocycles. The van der Waals surface area contributed by atoms with Gasteiger partial charge in [0.05, 0.1) is 19.1 Å². The molecule has 0 aromatic carbocycles. The predicted octanol–water partition coefficient (Wildman–Crippen LogP) is 2.13. The lowest BCUT2D eigenvalue weighted by atomic mass is 10.0. The average Bonchev–Trinajstić information content (AvgIpc) is 2.19. The van der Waals surface area contributed by atoms with Gasteiger partial charge in [0.2, 0.25) is 0 Å². The number of rotatable bonds is 8. The van der Waals surface area contributed by atoms with Crippen molar-refractivity contribution in [3.8, 4) is 0 Å². The fraction of sp³-hybridized carbons (Fsp3) is 0.909. The van der Waals surface area contributed by atoms with E-state index < -0.39 is 0 Å². The largest absolute Gasteiger partial charge is 0.465 e. The summed E-state index contributed by atoms with van der Waals surface area (Å²) in [6, 6.07) is 0. The van der Waals surface area contributed by atoms with Crippen molar-refractivity contribution in [3.63, 3.8) is 0 Å². The Kier molecular flexibility index (Phi) is 8.64. The topological polar surface area (TPSA) is 46.5 Å². The zero-order valence-corrected chi connectivity index (χ0v) is 9.29. The van der Waals surface area contributed by atoms with Gasteiger partial charge in [0, 0.05) is 0 Å². The maximum atomic E-state index is 11.4. The lowest BCUT2D eigenvalue weighted by molar-refractivity contribution is -0.150. The third-order valence-electron chi connectivity index (χ3n) is 2.20. The number of carbonyl (C=O) groups excluding carboxylic acids is 1. The standard InChI is InChI=1S/C11H22O3/c1-3-5-7-10(9-12)11(13)14-8-6-4-2/h10,12H,3-9H2,1-2H3. The van der Waals surface area contributed by atoms with Gasteiger partial charge in [-0.05, 0) is 12.8 Å². The molecule has 0 radical (unpaired) electrons. The van der Waals surface area contributed by atoms with E-state index in [0.29, 0.717) is 6.61 Å². The summed E-state index contributed by atoms with van der Waals surface area (Å²) >= 11 is 0. The van der Waals surface area contributed by atoms with Crippen LogP contribution >= 0.6 is 0 Å². The zero-order valence-electron chi connectivity index (χ0n) is 9.29. The number of hydrogen-bond acceptors (Lipinski definition) is 3. The molecule has 84 valence electrons. The van der Waals surface area contributed by atoms with Gasteiger partial charge in [-0.3, -0.25) is 4.79 Å². The van der Waals surface area contributed by atoms with E-state index >= 15 is 0 Å². The van der Waals surface area contributed by atoms with Crippen LogP contribution in [-0.4, -0.2) is 24.3 Å². The Morgan fingerprint density at radius 3 is 2.43 bits per heavy atom. The Labute approximate surface area is 86.5 Å². The van der Waals surface area contributed by atoms with Gasteiger partial charge in [-0.15, -0.1) is 0 Å². The van der Waals surface area contributed by atoms with Crippen molar-refractivity contribution in [1.82, 2.24) is 0 Å². The second-order valence-electron chi connectivity index (χ2n) is 3.54. The summed E-state index contributed by atoms with van der Waals surface area (Å²) in [5.41, 5.74) is 0. The molecule has 0 saturated carbocycles. The van der Waals surface area contributed by atoms with Gasteiger partial charge in [-0.2, -0.15) is 0 Å². The maximum Gasteiger partial charge on any atom is 0.311 e. The highest BCUT2D eigenvalue weighted by atomic mass is 16.5. The third-order valence-corrected chi connectivity index (χ3v) is 2.20. The van der Waals surface area contributed by atoms with Crippen LogP contribution in [0.2, 0.25) is 0 Å². The van der Waals surface area contributed by atoms with Gasteiger partial charge in [0.1, 0.15) is 0 Å². The second-order valence-corrected chi connectivity index (χ2v) is 3.54. The first-order valence-corrected chi connectivity index (χ1v) is 5.53. The van der Waals surface area contributed by atoms with Crippen LogP contribution in [0.25, 0.3) is 0 Å². The molecule has 0 aromatic rings. The van der Waals surface area contributed by atoms with E-state index in [4.69, 9.17) is 9.84 Å². The van der Waals surface area contributed by atoms with Crippen LogP contribution in [0.3, 0.4) is 0 Å². The number of aliphatic hydroxyl groups excluding tert-OH is 1. The molecule has 0 bridgehead atoms. The van der Waals surface area contributed by atoms with E-state index in [1.165, 1.54) is 0 Å². The monoisotopic (exact) mass is 202 g/mol. The maximum absolute atomic E-state index is 11.4. The molecule has 1 N–H and O–H groups in total. The molecule has 0 saturated heterocycles. The van der Waals surface area contributed by atoms with Crippen molar-refractivity contribution >= 4 is 5.97 Å². The lowest BCUT2D eigenvalue weighted by Crippen LogP contribution is -2.21. The Morgan fingerprint density at radius 1 is 1.29 bits per heavy atom. The Hall–Kier alpha value is -0.570. The normalized spacial score (nSPS) is 12.5. The molecule has 0 aliphatic carbocycles. The molecule has 3 heteroatoms.